The lowest BCUT2D eigenvalue weighted by atomic mass is 10.1. The lowest BCUT2D eigenvalue weighted by Crippen LogP contribution is -1.88. The first kappa shape index (κ1) is 13.9. The fraction of sp³-hybridized carbons (Fsp3) is 1.00. The minimum atomic E-state index is -0.560. The second-order valence-corrected chi connectivity index (χ2v) is 12.8. The van der Waals surface area contributed by atoms with Crippen molar-refractivity contribution < 1.29 is 0 Å². The molecule has 0 aromatic heterocycles. The van der Waals surface area contributed by atoms with E-state index in [4.69, 9.17) is 0 Å². The molecule has 0 aliphatic rings. The first-order chi connectivity index (χ1) is 6.06. The molecule has 0 aliphatic carbocycles. The summed E-state index contributed by atoms with van der Waals surface area (Å²) >= 11 is 0. The van der Waals surface area contributed by atoms with Gasteiger partial charge in [-0.15, -0.1) is 0 Å². The second kappa shape index (κ2) is 8.19. The molecule has 0 aromatic rings. The number of hydrogen-bond donors (Lipinski definition) is 0. The molecule has 0 saturated heterocycles. The Hall–Kier alpha value is 0.860. The Labute approximate surface area is 87.7 Å². The first-order valence-corrected chi connectivity index (χ1v) is 10.2. The molecule has 1 atom stereocenters. The second-order valence-electron chi connectivity index (χ2n) is 4.62. The minimum Gasteiger partial charge on any atom is -0.0654 e. The van der Waals surface area contributed by atoms with Gasteiger partial charge in [-0.2, -0.15) is 0 Å². The standard InChI is InChI=1S/C11H27P2/c1-4-5-6-7-8-9-10-11-13(2,3)12/h4-12H2,1-3H3/q+1. The van der Waals surface area contributed by atoms with Crippen LogP contribution >= 0.6 is 15.9 Å². The van der Waals surface area contributed by atoms with Gasteiger partial charge in [0.1, 0.15) is 0 Å². The van der Waals surface area contributed by atoms with Crippen LogP contribution in [0.1, 0.15) is 51.9 Å². The maximum absolute atomic E-state index is 3.04. The zero-order chi connectivity index (χ0) is 10.2. The molecule has 0 heterocycles. The van der Waals surface area contributed by atoms with Gasteiger partial charge in [0, 0.05) is 15.9 Å². The quantitative estimate of drug-likeness (QED) is 0.408. The molecule has 0 aromatic carbocycles. The fourth-order valence-electron chi connectivity index (χ4n) is 1.48. The molecule has 1 unspecified atom stereocenters. The normalized spacial score (nSPS) is 12.0. The van der Waals surface area contributed by atoms with Crippen LogP contribution in [0, 0.1) is 0 Å². The summed E-state index contributed by atoms with van der Waals surface area (Å²) in [4.78, 5) is 0. The van der Waals surface area contributed by atoms with Gasteiger partial charge >= 0.3 is 0 Å². The first-order valence-electron chi connectivity index (χ1n) is 5.68. The molecule has 0 aliphatic heterocycles. The van der Waals surface area contributed by atoms with Crippen LogP contribution in [-0.2, 0) is 0 Å². The van der Waals surface area contributed by atoms with E-state index < -0.39 is 6.95 Å². The molecular formula is C11H27P2+. The highest BCUT2D eigenvalue weighted by molar-refractivity contribution is 8.24. The Kier molecular flexibility index (Phi) is 8.73. The van der Waals surface area contributed by atoms with Gasteiger partial charge in [0.25, 0.3) is 0 Å². The number of rotatable bonds is 8. The lowest BCUT2D eigenvalue weighted by molar-refractivity contribution is 0.603. The Morgan fingerprint density at radius 1 is 0.846 bits per heavy atom. The van der Waals surface area contributed by atoms with E-state index in [1.54, 1.807) is 0 Å². The van der Waals surface area contributed by atoms with Gasteiger partial charge in [0.05, 0.1) is 19.5 Å². The monoisotopic (exact) mass is 221 g/mol. The van der Waals surface area contributed by atoms with Crippen molar-refractivity contribution in [3.05, 3.63) is 0 Å². The summed E-state index contributed by atoms with van der Waals surface area (Å²) in [6.07, 6.45) is 11.6. The Morgan fingerprint density at radius 3 is 1.77 bits per heavy atom. The van der Waals surface area contributed by atoms with E-state index in [9.17, 15) is 0 Å². The average Bonchev–Trinajstić information content (AvgIpc) is 2.01. The highest BCUT2D eigenvalue weighted by Crippen LogP contribution is 2.60. The summed E-state index contributed by atoms with van der Waals surface area (Å²) in [7, 11) is 3.04. The topological polar surface area (TPSA) is 0 Å². The Bertz CT molecular complexity index is 105. The van der Waals surface area contributed by atoms with Crippen LogP contribution in [0.4, 0.5) is 0 Å². The van der Waals surface area contributed by atoms with Crippen LogP contribution in [0.15, 0.2) is 0 Å². The van der Waals surface area contributed by atoms with Gasteiger partial charge in [0.2, 0.25) is 0 Å². The van der Waals surface area contributed by atoms with Gasteiger partial charge in [0.15, 0.2) is 0 Å². The predicted octanol–water partition coefficient (Wildman–Crippen LogP) is 4.80. The molecule has 0 fully saturated rings. The third kappa shape index (κ3) is 12.9. The van der Waals surface area contributed by atoms with E-state index in [1.807, 2.05) is 0 Å². The van der Waals surface area contributed by atoms with Gasteiger partial charge in [-0.25, -0.2) is 0 Å². The molecule has 0 N–H and O–H groups in total. The largest absolute Gasteiger partial charge is 0.0654 e. The Balaban J connectivity index is 3.00. The van der Waals surface area contributed by atoms with E-state index >= 15 is 0 Å². The number of unbranched alkanes of at least 4 members (excludes halogenated alkanes) is 6. The van der Waals surface area contributed by atoms with Crippen LogP contribution in [0.2, 0.25) is 0 Å². The molecular weight excluding hydrogens is 194 g/mol. The van der Waals surface area contributed by atoms with E-state index in [1.165, 1.54) is 51.1 Å². The van der Waals surface area contributed by atoms with Crippen LogP contribution in [-0.4, -0.2) is 19.5 Å². The molecule has 2 heteroatoms. The summed E-state index contributed by atoms with van der Waals surface area (Å²) < 4.78 is 0. The fourth-order valence-corrected chi connectivity index (χ4v) is 3.06. The summed E-state index contributed by atoms with van der Waals surface area (Å²) in [5, 5.41) is 0. The van der Waals surface area contributed by atoms with Crippen molar-refractivity contribution in [2.45, 2.75) is 51.9 Å². The number of hydrogen-bond acceptors (Lipinski definition) is 0. The summed E-state index contributed by atoms with van der Waals surface area (Å²) in [6.45, 7) is 6.54. The zero-order valence-corrected chi connectivity index (χ0v) is 11.7. The van der Waals surface area contributed by atoms with Gasteiger partial charge in [-0.05, 0) is 12.8 Å². The molecule has 0 spiro atoms. The van der Waals surface area contributed by atoms with Crippen molar-refractivity contribution in [1.82, 2.24) is 0 Å². The lowest BCUT2D eigenvalue weighted by Gasteiger charge is -2.10. The van der Waals surface area contributed by atoms with Crippen LogP contribution in [0.5, 0.6) is 0 Å². The van der Waals surface area contributed by atoms with E-state index in [2.05, 4.69) is 29.2 Å². The van der Waals surface area contributed by atoms with Crippen molar-refractivity contribution in [2.24, 2.45) is 0 Å². The molecule has 13 heavy (non-hydrogen) atoms. The van der Waals surface area contributed by atoms with Crippen molar-refractivity contribution >= 4 is 15.9 Å². The van der Waals surface area contributed by atoms with Crippen LogP contribution < -0.4 is 0 Å². The smallest absolute Gasteiger partial charge is 0.0606 e. The van der Waals surface area contributed by atoms with E-state index in [0.29, 0.717) is 0 Å². The van der Waals surface area contributed by atoms with E-state index in [0.717, 1.165) is 0 Å². The maximum Gasteiger partial charge on any atom is 0.0606 e. The third-order valence-corrected chi connectivity index (χ3v) is 4.58. The van der Waals surface area contributed by atoms with Crippen molar-refractivity contribution in [3.8, 4) is 0 Å². The van der Waals surface area contributed by atoms with Crippen LogP contribution in [0.3, 0.4) is 0 Å². The molecule has 0 nitrogen and oxygen atoms in total. The predicted molar refractivity (Wildman–Crippen MR) is 71.3 cm³/mol. The van der Waals surface area contributed by atoms with Gasteiger partial charge in [-0.3, -0.25) is 0 Å². The van der Waals surface area contributed by atoms with Crippen LogP contribution in [0.25, 0.3) is 0 Å². The van der Waals surface area contributed by atoms with Crippen molar-refractivity contribution in [2.75, 3.05) is 19.5 Å². The van der Waals surface area contributed by atoms with Gasteiger partial charge < -0.3 is 0 Å². The molecule has 0 saturated carbocycles. The maximum atomic E-state index is 3.04. The van der Waals surface area contributed by atoms with Gasteiger partial charge in [-0.1, -0.05) is 39.0 Å². The zero-order valence-electron chi connectivity index (χ0n) is 9.68. The molecule has 0 rings (SSSR count). The average molecular weight is 221 g/mol. The summed E-state index contributed by atoms with van der Waals surface area (Å²) in [5.41, 5.74) is 0. The summed E-state index contributed by atoms with van der Waals surface area (Å²) in [6, 6.07) is 0. The molecule has 0 amide bonds. The SMILES string of the molecule is CCCCCCCCC[P+](C)(C)P. The highest BCUT2D eigenvalue weighted by Gasteiger charge is 2.15. The molecule has 80 valence electrons. The molecule has 0 radical (unpaired) electrons. The Morgan fingerprint density at radius 2 is 1.31 bits per heavy atom. The molecule has 0 bridgehead atoms. The minimum absolute atomic E-state index is 0.560. The highest BCUT2D eigenvalue weighted by atomic mass is 32.1. The van der Waals surface area contributed by atoms with Crippen molar-refractivity contribution in [1.29, 1.82) is 0 Å². The van der Waals surface area contributed by atoms with Crippen molar-refractivity contribution in [3.63, 3.8) is 0 Å². The third-order valence-electron chi connectivity index (χ3n) is 2.34. The summed E-state index contributed by atoms with van der Waals surface area (Å²) in [5.74, 6) is 0. The van der Waals surface area contributed by atoms with E-state index in [-0.39, 0.29) is 0 Å².